The normalized spacial score (nSPS) is 15.5. The van der Waals surface area contributed by atoms with Crippen LogP contribution >= 0.6 is 11.6 Å². The largest absolute Gasteiger partial charge is 0.451 e. The molecule has 1 fully saturated rings. The summed E-state index contributed by atoms with van der Waals surface area (Å²) in [6, 6.07) is 10.3. The van der Waals surface area contributed by atoms with Crippen LogP contribution in [0.15, 0.2) is 36.4 Å². The summed E-state index contributed by atoms with van der Waals surface area (Å²) in [5, 5.41) is 7.17. The van der Waals surface area contributed by atoms with Gasteiger partial charge in [-0.1, -0.05) is 11.6 Å². The maximum absolute atomic E-state index is 12.6. The van der Waals surface area contributed by atoms with Crippen LogP contribution in [0.4, 0.5) is 5.69 Å². The van der Waals surface area contributed by atoms with E-state index in [1.54, 1.807) is 35.0 Å². The fourth-order valence-corrected chi connectivity index (χ4v) is 4.42. The number of carbonyl (C=O) groups is 2. The molecule has 0 saturated heterocycles. The molecule has 2 aliphatic rings. The average Bonchev–Trinajstić information content (AvgIpc) is 3.50. The van der Waals surface area contributed by atoms with Crippen LogP contribution in [0.2, 0.25) is 5.02 Å². The van der Waals surface area contributed by atoms with Gasteiger partial charge in [-0.2, -0.15) is 5.10 Å². The molecule has 5 rings (SSSR count). The van der Waals surface area contributed by atoms with Crippen molar-refractivity contribution in [3.63, 3.8) is 0 Å². The Labute approximate surface area is 201 Å². The van der Waals surface area contributed by atoms with Crippen LogP contribution in [0, 0.1) is 13.8 Å². The Balaban J connectivity index is 1.21. The molecule has 176 valence electrons. The average molecular weight is 483 g/mol. The van der Waals surface area contributed by atoms with Crippen molar-refractivity contribution in [2.75, 3.05) is 11.9 Å². The van der Waals surface area contributed by atoms with E-state index in [2.05, 4.69) is 15.4 Å². The number of hydrogen-bond acceptors (Lipinski definition) is 7. The lowest BCUT2D eigenvalue weighted by atomic mass is 10.2. The number of pyridine rings is 1. The number of rotatable bonds is 5. The van der Waals surface area contributed by atoms with Gasteiger partial charge in [0.15, 0.2) is 29.6 Å². The number of nitrogens with zero attached hydrogens (tertiary/aromatic N) is 3. The third kappa shape index (κ3) is 4.31. The summed E-state index contributed by atoms with van der Waals surface area (Å²) in [5.74, 6) is -0.213. The number of aryl methyl sites for hydroxylation is 2. The van der Waals surface area contributed by atoms with Gasteiger partial charge < -0.3 is 19.5 Å². The Kier molecular flexibility index (Phi) is 5.65. The first-order chi connectivity index (χ1) is 16.3. The fraction of sp³-hybridized carbons (Fsp3) is 0.333. The number of carbonyl (C=O) groups excluding carboxylic acids is 2. The van der Waals surface area contributed by atoms with Crippen LogP contribution in [-0.2, 0) is 9.53 Å². The van der Waals surface area contributed by atoms with Gasteiger partial charge in [0, 0.05) is 30.3 Å². The van der Waals surface area contributed by atoms with Crippen molar-refractivity contribution in [3.05, 3.63) is 58.5 Å². The Bertz CT molecular complexity index is 1280. The number of esters is 1. The zero-order valence-corrected chi connectivity index (χ0v) is 19.5. The van der Waals surface area contributed by atoms with E-state index in [0.29, 0.717) is 23.0 Å². The molecular weight excluding hydrogens is 460 g/mol. The SMILES string of the molecule is Cc1cc(C)n(-c2ccc(Cl)c(C(=O)OCC(=O)Nc3ccc4c(c3)OC3(CCCC3)O4)n2)n1. The summed E-state index contributed by atoms with van der Waals surface area (Å²) in [6.07, 6.45) is 3.81. The van der Waals surface area contributed by atoms with Gasteiger partial charge in [-0.3, -0.25) is 4.79 Å². The summed E-state index contributed by atoms with van der Waals surface area (Å²) in [7, 11) is 0. The standard InChI is InChI=1S/C24H23ClN4O5/c1-14-11-15(2)29(28-14)20-8-6-17(25)22(27-20)23(31)32-13-21(30)26-16-5-7-18-19(12-16)34-24(33-18)9-3-4-10-24/h5-8,11-12H,3-4,9-10,13H2,1-2H3,(H,26,30). The van der Waals surface area contributed by atoms with Crippen LogP contribution in [0.25, 0.3) is 5.82 Å². The lowest BCUT2D eigenvalue weighted by Crippen LogP contribution is -2.34. The lowest BCUT2D eigenvalue weighted by molar-refractivity contribution is -0.119. The first kappa shape index (κ1) is 22.2. The number of ether oxygens (including phenoxy) is 3. The molecule has 1 aliphatic carbocycles. The molecule has 10 heteroatoms. The Morgan fingerprint density at radius 2 is 1.88 bits per heavy atom. The van der Waals surface area contributed by atoms with Crippen molar-refractivity contribution in [1.29, 1.82) is 0 Å². The number of halogens is 1. The third-order valence-corrected chi connectivity index (χ3v) is 6.08. The van der Waals surface area contributed by atoms with Crippen molar-refractivity contribution >= 4 is 29.2 Å². The van der Waals surface area contributed by atoms with Crippen LogP contribution in [-0.4, -0.2) is 39.0 Å². The quantitative estimate of drug-likeness (QED) is 0.538. The highest BCUT2D eigenvalue weighted by molar-refractivity contribution is 6.33. The zero-order chi connectivity index (χ0) is 23.9. The van der Waals surface area contributed by atoms with Gasteiger partial charge >= 0.3 is 5.97 Å². The fourth-order valence-electron chi connectivity index (χ4n) is 4.24. The zero-order valence-electron chi connectivity index (χ0n) is 18.8. The maximum Gasteiger partial charge on any atom is 0.359 e. The number of fused-ring (bicyclic) bond motifs is 1. The van der Waals surface area contributed by atoms with Crippen LogP contribution in [0.3, 0.4) is 0 Å². The minimum Gasteiger partial charge on any atom is -0.451 e. The summed E-state index contributed by atoms with van der Waals surface area (Å²) in [5.41, 5.74) is 2.09. The molecule has 9 nitrogen and oxygen atoms in total. The molecular formula is C24H23ClN4O5. The molecule has 3 aromatic rings. The smallest absolute Gasteiger partial charge is 0.359 e. The first-order valence-corrected chi connectivity index (χ1v) is 11.4. The van der Waals surface area contributed by atoms with E-state index < -0.39 is 24.3 Å². The van der Waals surface area contributed by atoms with E-state index in [-0.39, 0.29) is 10.7 Å². The van der Waals surface area contributed by atoms with Gasteiger partial charge in [-0.05, 0) is 57.0 Å². The van der Waals surface area contributed by atoms with E-state index in [1.807, 2.05) is 19.9 Å². The van der Waals surface area contributed by atoms with Crippen LogP contribution in [0.5, 0.6) is 11.5 Å². The number of nitrogens with one attached hydrogen (secondary N) is 1. The number of benzene rings is 1. The van der Waals surface area contributed by atoms with Gasteiger partial charge in [0.05, 0.1) is 10.7 Å². The minimum atomic E-state index is -0.808. The van der Waals surface area contributed by atoms with Crippen molar-refractivity contribution in [3.8, 4) is 17.3 Å². The van der Waals surface area contributed by atoms with Gasteiger partial charge in [0.25, 0.3) is 11.7 Å². The molecule has 0 bridgehead atoms. The topological polar surface area (TPSA) is 105 Å². The predicted molar refractivity (Wildman–Crippen MR) is 124 cm³/mol. The number of anilines is 1. The minimum absolute atomic E-state index is 0.0931. The molecule has 1 aliphatic heterocycles. The van der Waals surface area contributed by atoms with Crippen molar-refractivity contribution in [2.24, 2.45) is 0 Å². The van der Waals surface area contributed by atoms with E-state index in [9.17, 15) is 9.59 Å². The van der Waals surface area contributed by atoms with Crippen LogP contribution in [0.1, 0.15) is 47.6 Å². The lowest BCUT2D eigenvalue weighted by Gasteiger charge is -2.21. The second-order valence-electron chi connectivity index (χ2n) is 8.45. The van der Waals surface area contributed by atoms with E-state index >= 15 is 0 Å². The molecule has 1 N–H and O–H groups in total. The molecule has 34 heavy (non-hydrogen) atoms. The molecule has 1 aromatic carbocycles. The molecule has 1 amide bonds. The monoisotopic (exact) mass is 482 g/mol. The second kappa shape index (κ2) is 8.64. The van der Waals surface area contributed by atoms with Crippen LogP contribution < -0.4 is 14.8 Å². The molecule has 2 aromatic heterocycles. The number of hydrogen-bond donors (Lipinski definition) is 1. The van der Waals surface area contributed by atoms with Crippen molar-refractivity contribution in [1.82, 2.24) is 14.8 Å². The maximum atomic E-state index is 12.6. The predicted octanol–water partition coefficient (Wildman–Crippen LogP) is 4.37. The van der Waals surface area contributed by atoms with Crippen molar-refractivity contribution in [2.45, 2.75) is 45.3 Å². The summed E-state index contributed by atoms with van der Waals surface area (Å²) in [6.45, 7) is 3.24. The van der Waals surface area contributed by atoms with Gasteiger partial charge in [-0.15, -0.1) is 0 Å². The Morgan fingerprint density at radius 1 is 1.12 bits per heavy atom. The number of aromatic nitrogens is 3. The third-order valence-electron chi connectivity index (χ3n) is 5.77. The summed E-state index contributed by atoms with van der Waals surface area (Å²) >= 11 is 6.15. The second-order valence-corrected chi connectivity index (χ2v) is 8.85. The van der Waals surface area contributed by atoms with Gasteiger partial charge in [0.2, 0.25) is 0 Å². The highest BCUT2D eigenvalue weighted by atomic mass is 35.5. The first-order valence-electron chi connectivity index (χ1n) is 11.0. The van der Waals surface area contributed by atoms with E-state index in [1.165, 1.54) is 0 Å². The molecule has 1 saturated carbocycles. The Hall–Kier alpha value is -3.59. The molecule has 3 heterocycles. The highest BCUT2D eigenvalue weighted by Crippen LogP contribution is 2.47. The van der Waals surface area contributed by atoms with E-state index in [4.69, 9.17) is 25.8 Å². The van der Waals surface area contributed by atoms with E-state index in [0.717, 1.165) is 37.1 Å². The molecule has 0 radical (unpaired) electrons. The van der Waals surface area contributed by atoms with Crippen molar-refractivity contribution < 1.29 is 23.8 Å². The highest BCUT2D eigenvalue weighted by Gasteiger charge is 2.44. The molecule has 0 unspecified atom stereocenters. The molecule has 1 spiro atoms. The summed E-state index contributed by atoms with van der Waals surface area (Å²) in [4.78, 5) is 29.3. The Morgan fingerprint density at radius 3 is 2.62 bits per heavy atom. The van der Waals surface area contributed by atoms with Gasteiger partial charge in [-0.25, -0.2) is 14.5 Å². The number of amides is 1. The summed E-state index contributed by atoms with van der Waals surface area (Å²) < 4.78 is 18.7. The molecule has 0 atom stereocenters. The van der Waals surface area contributed by atoms with Gasteiger partial charge in [0.1, 0.15) is 0 Å².